The summed E-state index contributed by atoms with van der Waals surface area (Å²) in [6, 6.07) is 14.7. The minimum Gasteiger partial charge on any atom is -0.354 e. The molecule has 3 rings (SSSR count). The Bertz CT molecular complexity index is 1060. The first-order chi connectivity index (χ1) is 13.4. The van der Waals surface area contributed by atoms with Crippen molar-refractivity contribution < 1.29 is 18.0 Å². The van der Waals surface area contributed by atoms with Gasteiger partial charge in [-0.2, -0.15) is 18.4 Å². The highest BCUT2D eigenvalue weighted by atomic mass is 19.4. The van der Waals surface area contributed by atoms with Crippen LogP contribution in [-0.4, -0.2) is 10.9 Å². The number of halogens is 3. The van der Waals surface area contributed by atoms with Gasteiger partial charge in [-0.25, -0.2) is 0 Å². The zero-order valence-electron chi connectivity index (χ0n) is 14.3. The smallest absolute Gasteiger partial charge is 0.354 e. The van der Waals surface area contributed by atoms with E-state index in [-0.39, 0.29) is 11.3 Å². The molecule has 0 bridgehead atoms. The molecule has 0 unspecified atom stereocenters. The summed E-state index contributed by atoms with van der Waals surface area (Å²) in [6.45, 7) is 0. The minimum atomic E-state index is -4.45. The van der Waals surface area contributed by atoms with E-state index in [0.29, 0.717) is 16.9 Å². The maximum Gasteiger partial charge on any atom is 0.416 e. The van der Waals surface area contributed by atoms with Crippen LogP contribution >= 0.6 is 0 Å². The van der Waals surface area contributed by atoms with Gasteiger partial charge in [0.25, 0.3) is 5.91 Å². The highest BCUT2D eigenvalue weighted by Crippen LogP contribution is 2.31. The number of nitriles is 1. The maximum atomic E-state index is 12.8. The van der Waals surface area contributed by atoms with Gasteiger partial charge in [-0.15, -0.1) is 0 Å². The average Bonchev–Trinajstić information content (AvgIpc) is 2.68. The van der Waals surface area contributed by atoms with Crippen LogP contribution in [0.25, 0.3) is 0 Å². The van der Waals surface area contributed by atoms with Gasteiger partial charge in [-0.3, -0.25) is 9.78 Å². The first-order valence-corrected chi connectivity index (χ1v) is 8.06. The first-order valence-electron chi connectivity index (χ1n) is 8.06. The van der Waals surface area contributed by atoms with E-state index in [4.69, 9.17) is 5.26 Å². The van der Waals surface area contributed by atoms with Crippen LogP contribution in [0.1, 0.15) is 21.5 Å². The van der Waals surface area contributed by atoms with Crippen LogP contribution in [0.2, 0.25) is 0 Å². The molecule has 0 aliphatic heterocycles. The summed E-state index contributed by atoms with van der Waals surface area (Å²) in [5, 5.41) is 14.5. The van der Waals surface area contributed by atoms with Gasteiger partial charge in [0, 0.05) is 11.9 Å². The van der Waals surface area contributed by atoms with Gasteiger partial charge < -0.3 is 10.6 Å². The topological polar surface area (TPSA) is 77.8 Å². The second kappa shape index (κ2) is 7.80. The van der Waals surface area contributed by atoms with E-state index in [2.05, 4.69) is 15.6 Å². The summed E-state index contributed by atoms with van der Waals surface area (Å²) >= 11 is 0. The van der Waals surface area contributed by atoms with Crippen molar-refractivity contribution in [2.24, 2.45) is 0 Å². The van der Waals surface area contributed by atoms with Gasteiger partial charge >= 0.3 is 6.18 Å². The molecule has 1 amide bonds. The highest BCUT2D eigenvalue weighted by molar-refractivity contribution is 6.05. The average molecular weight is 382 g/mol. The second-order valence-electron chi connectivity index (χ2n) is 5.78. The number of carbonyl (C=O) groups is 1. The number of benzene rings is 2. The van der Waals surface area contributed by atoms with Crippen molar-refractivity contribution >= 4 is 23.0 Å². The summed E-state index contributed by atoms with van der Waals surface area (Å²) in [4.78, 5) is 16.4. The normalized spacial score (nSPS) is 10.8. The Balaban J connectivity index is 1.79. The van der Waals surface area contributed by atoms with Crippen LogP contribution in [0.5, 0.6) is 0 Å². The van der Waals surface area contributed by atoms with Gasteiger partial charge in [0.1, 0.15) is 6.07 Å². The summed E-state index contributed by atoms with van der Waals surface area (Å²) in [5.74, 6) is -0.497. The van der Waals surface area contributed by atoms with Gasteiger partial charge in [-0.1, -0.05) is 18.2 Å². The molecule has 0 aliphatic carbocycles. The molecule has 0 aliphatic rings. The van der Waals surface area contributed by atoms with E-state index >= 15 is 0 Å². The quantitative estimate of drug-likeness (QED) is 0.668. The summed E-state index contributed by atoms with van der Waals surface area (Å²) in [6.07, 6.45) is -1.74. The van der Waals surface area contributed by atoms with Crippen LogP contribution in [-0.2, 0) is 6.18 Å². The van der Waals surface area contributed by atoms with Crippen LogP contribution in [0.15, 0.2) is 67.0 Å². The molecule has 3 aromatic rings. The third-order valence-electron chi connectivity index (χ3n) is 3.77. The van der Waals surface area contributed by atoms with Crippen LogP contribution in [0.3, 0.4) is 0 Å². The molecule has 0 radical (unpaired) electrons. The van der Waals surface area contributed by atoms with E-state index in [1.807, 2.05) is 6.07 Å². The van der Waals surface area contributed by atoms with E-state index in [0.717, 1.165) is 12.1 Å². The zero-order valence-corrected chi connectivity index (χ0v) is 14.3. The van der Waals surface area contributed by atoms with Crippen LogP contribution < -0.4 is 10.6 Å². The molecule has 5 nitrogen and oxygen atoms in total. The molecule has 0 spiro atoms. The highest BCUT2D eigenvalue weighted by Gasteiger charge is 2.30. The van der Waals surface area contributed by atoms with Gasteiger partial charge in [0.2, 0.25) is 0 Å². The Hall–Kier alpha value is -3.86. The number of amides is 1. The predicted molar refractivity (Wildman–Crippen MR) is 98.1 cm³/mol. The number of hydrogen-bond acceptors (Lipinski definition) is 4. The molecular weight excluding hydrogens is 369 g/mol. The van der Waals surface area contributed by atoms with Crippen molar-refractivity contribution in [2.75, 3.05) is 10.6 Å². The molecule has 2 N–H and O–H groups in total. The minimum absolute atomic E-state index is 0.185. The fourth-order valence-electron chi connectivity index (χ4n) is 2.46. The fraction of sp³-hybridized carbons (Fsp3) is 0.0500. The Morgan fingerprint density at radius 2 is 1.79 bits per heavy atom. The molecule has 0 saturated carbocycles. The van der Waals surface area contributed by atoms with Crippen LogP contribution in [0.4, 0.5) is 30.2 Å². The number of rotatable bonds is 4. The molecule has 2 aromatic carbocycles. The second-order valence-corrected chi connectivity index (χ2v) is 5.78. The standard InChI is InChI=1S/C20H13F3N4O/c21-20(22,23)15-5-3-6-16(9-15)26-17-8-14(11-25-12-17)19(28)27-18-7-2-1-4-13(18)10-24/h1-9,11-12,26H,(H,27,28). The molecule has 28 heavy (non-hydrogen) atoms. The fourth-order valence-corrected chi connectivity index (χ4v) is 2.46. The first kappa shape index (κ1) is 18.9. The SMILES string of the molecule is N#Cc1ccccc1NC(=O)c1cncc(Nc2cccc(C(F)(F)F)c2)c1. The van der Waals surface area contributed by atoms with Gasteiger partial charge in [-0.05, 0) is 36.4 Å². The number of hydrogen-bond donors (Lipinski definition) is 2. The Morgan fingerprint density at radius 1 is 1.00 bits per heavy atom. The lowest BCUT2D eigenvalue weighted by atomic mass is 10.1. The van der Waals surface area contributed by atoms with E-state index in [1.54, 1.807) is 24.3 Å². The lowest BCUT2D eigenvalue weighted by molar-refractivity contribution is -0.137. The van der Waals surface area contributed by atoms with E-state index in [9.17, 15) is 18.0 Å². The molecule has 0 fully saturated rings. The number of nitrogens with one attached hydrogen (secondary N) is 2. The number of aromatic nitrogens is 1. The largest absolute Gasteiger partial charge is 0.416 e. The molecular formula is C20H13F3N4O. The Kier molecular flexibility index (Phi) is 5.27. The molecule has 8 heteroatoms. The molecule has 0 saturated heterocycles. The number of pyridine rings is 1. The Morgan fingerprint density at radius 3 is 2.54 bits per heavy atom. The maximum absolute atomic E-state index is 12.8. The predicted octanol–water partition coefficient (Wildman–Crippen LogP) is 4.97. The van der Waals surface area contributed by atoms with Crippen molar-refractivity contribution in [2.45, 2.75) is 6.18 Å². The van der Waals surface area contributed by atoms with Gasteiger partial charge in [0.05, 0.1) is 34.3 Å². The third-order valence-corrected chi connectivity index (χ3v) is 3.77. The molecule has 0 atom stereocenters. The number of nitrogens with zero attached hydrogens (tertiary/aromatic N) is 2. The van der Waals surface area contributed by atoms with Crippen molar-refractivity contribution in [1.29, 1.82) is 5.26 Å². The lowest BCUT2D eigenvalue weighted by Crippen LogP contribution is -2.13. The number of anilines is 3. The number of para-hydroxylation sites is 1. The third kappa shape index (κ3) is 4.45. The Labute approximate surface area is 158 Å². The summed E-state index contributed by atoms with van der Waals surface area (Å²) in [7, 11) is 0. The lowest BCUT2D eigenvalue weighted by Gasteiger charge is -2.11. The number of alkyl halides is 3. The molecule has 1 heterocycles. The van der Waals surface area contributed by atoms with Gasteiger partial charge in [0.15, 0.2) is 0 Å². The van der Waals surface area contributed by atoms with E-state index in [1.165, 1.54) is 30.6 Å². The van der Waals surface area contributed by atoms with Crippen molar-refractivity contribution in [3.8, 4) is 6.07 Å². The van der Waals surface area contributed by atoms with E-state index < -0.39 is 17.6 Å². The monoisotopic (exact) mass is 382 g/mol. The molecule has 1 aromatic heterocycles. The van der Waals surface area contributed by atoms with Crippen molar-refractivity contribution in [3.05, 3.63) is 83.7 Å². The van der Waals surface area contributed by atoms with Crippen molar-refractivity contribution in [1.82, 2.24) is 4.98 Å². The number of carbonyl (C=O) groups excluding carboxylic acids is 1. The summed E-state index contributed by atoms with van der Waals surface area (Å²) < 4.78 is 38.5. The zero-order chi connectivity index (χ0) is 20.1. The summed E-state index contributed by atoms with van der Waals surface area (Å²) in [5.41, 5.74) is 0.620. The van der Waals surface area contributed by atoms with Crippen molar-refractivity contribution in [3.63, 3.8) is 0 Å². The van der Waals surface area contributed by atoms with Crippen LogP contribution in [0, 0.1) is 11.3 Å². The molecule has 140 valence electrons.